The van der Waals surface area contributed by atoms with Gasteiger partial charge in [-0.3, -0.25) is 9.69 Å². The van der Waals surface area contributed by atoms with Gasteiger partial charge in [-0.25, -0.2) is 0 Å². The van der Waals surface area contributed by atoms with Crippen molar-refractivity contribution in [1.82, 2.24) is 9.80 Å². The molecule has 0 aromatic carbocycles. The highest BCUT2D eigenvalue weighted by atomic mass is 16.5. The van der Waals surface area contributed by atoms with Crippen LogP contribution in [0.3, 0.4) is 0 Å². The summed E-state index contributed by atoms with van der Waals surface area (Å²) in [5, 5.41) is 0. The number of esters is 1. The normalized spacial score (nSPS) is 21.3. The molecule has 1 fully saturated rings. The molecule has 0 amide bonds. The Kier molecular flexibility index (Phi) is 5.05. The van der Waals surface area contributed by atoms with Gasteiger partial charge in [0.2, 0.25) is 0 Å². The summed E-state index contributed by atoms with van der Waals surface area (Å²) in [6, 6.07) is -0.0936. The van der Waals surface area contributed by atoms with E-state index in [1.165, 1.54) is 0 Å². The Balaban J connectivity index is 2.35. The Hall–Kier alpha value is -0.610. The maximum Gasteiger partial charge on any atom is 0.323 e. The summed E-state index contributed by atoms with van der Waals surface area (Å²) in [5.74, 6) is -0.0950. The molecular weight excluding hydrogens is 192 g/mol. The van der Waals surface area contributed by atoms with Crippen LogP contribution in [0.15, 0.2) is 0 Å². The number of rotatable bonds is 4. The zero-order valence-electron chi connectivity index (χ0n) is 10.0. The molecule has 15 heavy (non-hydrogen) atoms. The van der Waals surface area contributed by atoms with Crippen molar-refractivity contribution in [3.8, 4) is 0 Å². The van der Waals surface area contributed by atoms with E-state index in [4.69, 9.17) is 4.74 Å². The smallest absolute Gasteiger partial charge is 0.323 e. The average Bonchev–Trinajstić information content (AvgIpc) is 2.28. The first kappa shape index (κ1) is 12.5. The summed E-state index contributed by atoms with van der Waals surface area (Å²) in [7, 11) is 0. The zero-order chi connectivity index (χ0) is 11.3. The van der Waals surface area contributed by atoms with E-state index in [0.29, 0.717) is 6.61 Å². The lowest BCUT2D eigenvalue weighted by Crippen LogP contribution is -2.51. The van der Waals surface area contributed by atoms with E-state index in [1.807, 2.05) is 13.8 Å². The highest BCUT2D eigenvalue weighted by Gasteiger charge is 2.25. The molecule has 0 bridgehead atoms. The summed E-state index contributed by atoms with van der Waals surface area (Å²) in [5.41, 5.74) is 0. The van der Waals surface area contributed by atoms with Gasteiger partial charge >= 0.3 is 5.97 Å². The van der Waals surface area contributed by atoms with Crippen LogP contribution in [0.25, 0.3) is 0 Å². The molecule has 88 valence electrons. The van der Waals surface area contributed by atoms with Gasteiger partial charge in [-0.1, -0.05) is 6.92 Å². The lowest BCUT2D eigenvalue weighted by Gasteiger charge is -2.36. The minimum Gasteiger partial charge on any atom is -0.465 e. The molecule has 4 heteroatoms. The minimum atomic E-state index is -0.0950. The number of hydrogen-bond donors (Lipinski definition) is 0. The third kappa shape index (κ3) is 3.47. The SMILES string of the molecule is CCOC(=O)C(C)N1CCN(CC)CC1. The van der Waals surface area contributed by atoms with Gasteiger partial charge in [0, 0.05) is 26.2 Å². The molecule has 1 aliphatic heterocycles. The van der Waals surface area contributed by atoms with Crippen LogP contribution in [0, 0.1) is 0 Å². The van der Waals surface area contributed by atoms with Gasteiger partial charge in [0.25, 0.3) is 0 Å². The fourth-order valence-electron chi connectivity index (χ4n) is 1.88. The second kappa shape index (κ2) is 6.08. The highest BCUT2D eigenvalue weighted by Crippen LogP contribution is 2.07. The van der Waals surface area contributed by atoms with Crippen LogP contribution >= 0.6 is 0 Å². The number of nitrogens with zero attached hydrogens (tertiary/aromatic N) is 2. The first-order chi connectivity index (χ1) is 7.19. The standard InChI is InChI=1S/C11H22N2O2/c1-4-12-6-8-13(9-7-12)10(3)11(14)15-5-2/h10H,4-9H2,1-3H3. The van der Waals surface area contributed by atoms with Gasteiger partial charge < -0.3 is 9.64 Å². The second-order valence-electron chi connectivity index (χ2n) is 3.90. The molecule has 0 aromatic heterocycles. The van der Waals surface area contributed by atoms with Crippen LogP contribution in [0.1, 0.15) is 20.8 Å². The van der Waals surface area contributed by atoms with Crippen LogP contribution < -0.4 is 0 Å². The van der Waals surface area contributed by atoms with Gasteiger partial charge in [0.05, 0.1) is 6.61 Å². The molecule has 0 N–H and O–H groups in total. The lowest BCUT2D eigenvalue weighted by molar-refractivity contribution is -0.149. The van der Waals surface area contributed by atoms with Gasteiger partial charge in [-0.15, -0.1) is 0 Å². The molecule has 1 atom stereocenters. The second-order valence-corrected chi connectivity index (χ2v) is 3.90. The van der Waals surface area contributed by atoms with Crippen LogP contribution in [0.2, 0.25) is 0 Å². The maximum absolute atomic E-state index is 11.5. The van der Waals surface area contributed by atoms with E-state index in [9.17, 15) is 4.79 Å². The van der Waals surface area contributed by atoms with E-state index in [2.05, 4.69) is 16.7 Å². The number of carbonyl (C=O) groups excluding carboxylic acids is 1. The Morgan fingerprint density at radius 3 is 2.33 bits per heavy atom. The Morgan fingerprint density at radius 2 is 1.87 bits per heavy atom. The van der Waals surface area contributed by atoms with Crippen molar-refractivity contribution in [2.24, 2.45) is 0 Å². The van der Waals surface area contributed by atoms with Crippen LogP contribution in [0.5, 0.6) is 0 Å². The van der Waals surface area contributed by atoms with Crippen LogP contribution in [-0.2, 0) is 9.53 Å². The third-order valence-corrected chi connectivity index (χ3v) is 3.03. The molecule has 1 rings (SSSR count). The quantitative estimate of drug-likeness (QED) is 0.641. The first-order valence-electron chi connectivity index (χ1n) is 5.82. The third-order valence-electron chi connectivity index (χ3n) is 3.03. The van der Waals surface area contributed by atoms with Gasteiger partial charge in [0.1, 0.15) is 6.04 Å². The number of hydrogen-bond acceptors (Lipinski definition) is 4. The topological polar surface area (TPSA) is 32.8 Å². The lowest BCUT2D eigenvalue weighted by atomic mass is 10.2. The summed E-state index contributed by atoms with van der Waals surface area (Å²) < 4.78 is 5.02. The molecule has 1 heterocycles. The predicted octanol–water partition coefficient (Wildman–Crippen LogP) is 0.575. The van der Waals surface area contributed by atoms with E-state index < -0.39 is 0 Å². The highest BCUT2D eigenvalue weighted by molar-refractivity contribution is 5.75. The van der Waals surface area contributed by atoms with Gasteiger partial charge in [-0.05, 0) is 20.4 Å². The number of carbonyl (C=O) groups is 1. The molecule has 0 radical (unpaired) electrons. The van der Waals surface area contributed by atoms with E-state index in [1.54, 1.807) is 0 Å². The molecule has 0 saturated carbocycles. The van der Waals surface area contributed by atoms with Crippen LogP contribution in [0.4, 0.5) is 0 Å². The fourth-order valence-corrected chi connectivity index (χ4v) is 1.88. The number of piperazine rings is 1. The molecule has 0 spiro atoms. The van der Waals surface area contributed by atoms with Crippen molar-refractivity contribution < 1.29 is 9.53 Å². The van der Waals surface area contributed by atoms with Gasteiger partial charge in [-0.2, -0.15) is 0 Å². The summed E-state index contributed by atoms with van der Waals surface area (Å²) in [4.78, 5) is 16.1. The molecule has 0 aliphatic carbocycles. The molecular formula is C11H22N2O2. The Morgan fingerprint density at radius 1 is 1.27 bits per heavy atom. The van der Waals surface area contributed by atoms with Crippen molar-refractivity contribution in [2.75, 3.05) is 39.3 Å². The van der Waals surface area contributed by atoms with E-state index in [-0.39, 0.29) is 12.0 Å². The maximum atomic E-state index is 11.5. The predicted molar refractivity (Wildman–Crippen MR) is 59.8 cm³/mol. The summed E-state index contributed by atoms with van der Waals surface area (Å²) in [6.45, 7) is 11.6. The summed E-state index contributed by atoms with van der Waals surface area (Å²) >= 11 is 0. The first-order valence-corrected chi connectivity index (χ1v) is 5.82. The molecule has 0 aromatic rings. The summed E-state index contributed by atoms with van der Waals surface area (Å²) in [6.07, 6.45) is 0. The molecule has 4 nitrogen and oxygen atoms in total. The Bertz CT molecular complexity index is 201. The van der Waals surface area contributed by atoms with Crippen molar-refractivity contribution in [1.29, 1.82) is 0 Å². The van der Waals surface area contributed by atoms with Crippen molar-refractivity contribution >= 4 is 5.97 Å². The number of ether oxygens (including phenoxy) is 1. The minimum absolute atomic E-state index is 0.0936. The molecule has 1 unspecified atom stereocenters. The number of likely N-dealkylation sites (N-methyl/N-ethyl adjacent to an activating group) is 1. The fraction of sp³-hybridized carbons (Fsp3) is 0.909. The van der Waals surface area contributed by atoms with E-state index in [0.717, 1.165) is 32.7 Å². The zero-order valence-corrected chi connectivity index (χ0v) is 10.0. The Labute approximate surface area is 92.2 Å². The largest absolute Gasteiger partial charge is 0.465 e. The average molecular weight is 214 g/mol. The van der Waals surface area contributed by atoms with Crippen molar-refractivity contribution in [2.45, 2.75) is 26.8 Å². The van der Waals surface area contributed by atoms with Crippen molar-refractivity contribution in [3.05, 3.63) is 0 Å². The molecule has 1 aliphatic rings. The van der Waals surface area contributed by atoms with Gasteiger partial charge in [0.15, 0.2) is 0 Å². The molecule has 1 saturated heterocycles. The van der Waals surface area contributed by atoms with Crippen molar-refractivity contribution in [3.63, 3.8) is 0 Å². The monoisotopic (exact) mass is 214 g/mol. The van der Waals surface area contributed by atoms with E-state index >= 15 is 0 Å². The van der Waals surface area contributed by atoms with Crippen LogP contribution in [-0.4, -0.2) is 61.1 Å².